The van der Waals surface area contributed by atoms with Crippen LogP contribution in [-0.2, 0) is 0 Å². The first kappa shape index (κ1) is 32.6. The lowest BCUT2D eigenvalue weighted by atomic mass is 10.0. The lowest BCUT2D eigenvalue weighted by Gasteiger charge is -2.38. The molecule has 0 spiro atoms. The van der Waals surface area contributed by atoms with Gasteiger partial charge in [0.25, 0.3) is 11.8 Å². The molecule has 4 aromatic carbocycles. The van der Waals surface area contributed by atoms with Crippen LogP contribution in [0.15, 0.2) is 93.9 Å². The quantitative estimate of drug-likeness (QED) is 0.185. The molecule has 2 aliphatic rings. The van der Waals surface area contributed by atoms with Gasteiger partial charge in [0.15, 0.2) is 0 Å². The van der Waals surface area contributed by atoms with Crippen molar-refractivity contribution in [2.75, 3.05) is 50.9 Å². The molecule has 2 saturated heterocycles. The van der Waals surface area contributed by atoms with Gasteiger partial charge in [0.2, 0.25) is 0 Å². The summed E-state index contributed by atoms with van der Waals surface area (Å²) in [6.07, 6.45) is 7.56. The third-order valence-electron chi connectivity index (χ3n) is 9.81. The number of anilines is 2. The van der Waals surface area contributed by atoms with Crippen LogP contribution in [0.3, 0.4) is 0 Å². The molecule has 2 amide bonds. The maximum atomic E-state index is 13.0. The van der Waals surface area contributed by atoms with E-state index in [0.717, 1.165) is 66.6 Å². The highest BCUT2D eigenvalue weighted by Crippen LogP contribution is 2.37. The second-order valence-electron chi connectivity index (χ2n) is 13.2. The number of carbonyl (C=O) groups excluding carboxylic acids is 2. The molecule has 0 bridgehead atoms. The summed E-state index contributed by atoms with van der Waals surface area (Å²) >= 11 is 7.51. The Labute approximate surface area is 289 Å². The number of nitrogens with zero attached hydrogens (tertiary/aromatic N) is 2. The molecular weight excluding hydrogens is 704 g/mol. The van der Waals surface area contributed by atoms with E-state index >= 15 is 0 Å². The van der Waals surface area contributed by atoms with E-state index in [1.165, 1.54) is 49.9 Å². The van der Waals surface area contributed by atoms with Crippen molar-refractivity contribution >= 4 is 66.4 Å². The zero-order valence-corrected chi connectivity index (χ0v) is 29.8. The van der Waals surface area contributed by atoms with Crippen LogP contribution in [0.5, 0.6) is 0 Å². The normalized spacial score (nSPS) is 17.2. The summed E-state index contributed by atoms with van der Waals surface area (Å²) in [6.45, 7) is 4.55. The van der Waals surface area contributed by atoms with Gasteiger partial charge in [-0.25, -0.2) is 0 Å². The fourth-order valence-corrected chi connectivity index (χ4v) is 8.60. The van der Waals surface area contributed by atoms with Crippen LogP contribution < -0.4 is 19.6 Å². The van der Waals surface area contributed by atoms with E-state index in [0.29, 0.717) is 11.1 Å². The summed E-state index contributed by atoms with van der Waals surface area (Å²) < 4.78 is 3.90. The molecule has 0 aliphatic carbocycles. The smallest absolute Gasteiger partial charge is 0.255 e. The predicted octanol–water partition coefficient (Wildman–Crippen LogP) is 9.63. The second kappa shape index (κ2) is 13.8. The molecule has 238 valence electrons. The summed E-state index contributed by atoms with van der Waals surface area (Å²) in [5.41, 5.74) is 7.18. The lowest BCUT2D eigenvalue weighted by molar-refractivity contribution is 0.101. The number of hydrogen-bond donors (Lipinski definition) is 2. The van der Waals surface area contributed by atoms with Gasteiger partial charge in [0, 0.05) is 34.6 Å². The van der Waals surface area contributed by atoms with Crippen LogP contribution in [0.2, 0.25) is 0 Å². The van der Waals surface area contributed by atoms with Gasteiger partial charge < -0.3 is 10.6 Å². The van der Waals surface area contributed by atoms with E-state index in [1.807, 2.05) is 72.8 Å². The first-order valence-electron chi connectivity index (χ1n) is 16.3. The molecule has 2 fully saturated rings. The highest BCUT2D eigenvalue weighted by Gasteiger charge is 2.31. The van der Waals surface area contributed by atoms with Crippen LogP contribution in [0.1, 0.15) is 59.2 Å². The Hall–Kier alpha value is -3.30. The summed E-state index contributed by atoms with van der Waals surface area (Å²) in [5.74, 6) is -0.300. The fraction of sp³-hybridized carbons (Fsp3) is 0.316. The molecule has 46 heavy (non-hydrogen) atoms. The number of likely N-dealkylation sites (tertiary alicyclic amines) is 2. The number of quaternary nitrogens is 2. The van der Waals surface area contributed by atoms with Gasteiger partial charge in [-0.3, -0.25) is 18.6 Å². The van der Waals surface area contributed by atoms with Gasteiger partial charge >= 0.3 is 0 Å². The lowest BCUT2D eigenvalue weighted by Crippen LogP contribution is -2.49. The molecule has 6 nitrogen and oxygen atoms in total. The molecule has 0 radical (unpaired) electrons. The van der Waals surface area contributed by atoms with E-state index in [-0.39, 0.29) is 11.8 Å². The maximum Gasteiger partial charge on any atom is 0.255 e. The third-order valence-corrected chi connectivity index (χ3v) is 11.1. The van der Waals surface area contributed by atoms with E-state index in [2.05, 4.69) is 68.7 Å². The molecule has 6 rings (SSSR count). The number of piperidine rings is 2. The van der Waals surface area contributed by atoms with Crippen molar-refractivity contribution in [1.29, 1.82) is 0 Å². The molecule has 0 atom stereocenters. The van der Waals surface area contributed by atoms with Crippen LogP contribution in [0, 0.1) is 0 Å². The van der Waals surface area contributed by atoms with Gasteiger partial charge in [-0.05, 0) is 130 Å². The second-order valence-corrected chi connectivity index (χ2v) is 14.9. The Balaban J connectivity index is 1.07. The minimum absolute atomic E-state index is 0.150. The van der Waals surface area contributed by atoms with E-state index < -0.39 is 0 Å². The average molecular weight is 747 g/mol. The molecule has 8 heteroatoms. The maximum absolute atomic E-state index is 13.0. The topological polar surface area (TPSA) is 58.2 Å². The Morgan fingerprint density at radius 2 is 0.870 bits per heavy atom. The van der Waals surface area contributed by atoms with Gasteiger partial charge in [-0.1, -0.05) is 24.3 Å². The van der Waals surface area contributed by atoms with E-state index in [4.69, 9.17) is 0 Å². The van der Waals surface area contributed by atoms with Crippen molar-refractivity contribution in [3.05, 3.63) is 105 Å². The van der Waals surface area contributed by atoms with Gasteiger partial charge in [0.05, 0.1) is 49.2 Å². The number of carbonyl (C=O) groups is 2. The number of hydrogen-bond acceptors (Lipinski definition) is 2. The summed E-state index contributed by atoms with van der Waals surface area (Å²) in [5, 5.41) is 6.08. The number of benzene rings is 4. The Morgan fingerprint density at radius 3 is 1.20 bits per heavy atom. The highest BCUT2D eigenvalue weighted by atomic mass is 79.9. The zero-order chi connectivity index (χ0) is 32.3. The third kappa shape index (κ3) is 7.15. The first-order chi connectivity index (χ1) is 22.1. The van der Waals surface area contributed by atoms with Crippen molar-refractivity contribution in [3.8, 4) is 11.1 Å². The standard InChI is InChI=1S/C38H40Br2N4O2/c1-43(21-5-3-6-22-43)35-19-17-31(25-33(35)39)41-37(45)29-13-9-27(10-14-29)28-11-15-30(16-12-28)38(46)42-32-18-20-36(34(40)26-32)44(2)23-7-4-8-24-44/h9-20,25-26H,3-8,21-24H2,1-2H3/p+2. The summed E-state index contributed by atoms with van der Waals surface area (Å²) in [6, 6.07) is 27.4. The monoisotopic (exact) mass is 744 g/mol. The number of rotatable bonds is 7. The Kier molecular flexibility index (Phi) is 9.80. The fourth-order valence-electron chi connectivity index (χ4n) is 6.98. The molecule has 0 saturated carbocycles. The predicted molar refractivity (Wildman–Crippen MR) is 199 cm³/mol. The van der Waals surface area contributed by atoms with Gasteiger partial charge in [0.1, 0.15) is 11.4 Å². The van der Waals surface area contributed by atoms with Crippen molar-refractivity contribution in [2.24, 2.45) is 0 Å². The summed E-state index contributed by atoms with van der Waals surface area (Å²) in [7, 11) is 4.58. The van der Waals surface area contributed by atoms with Crippen molar-refractivity contribution in [1.82, 2.24) is 8.97 Å². The minimum atomic E-state index is -0.150. The molecule has 2 heterocycles. The first-order valence-corrected chi connectivity index (χ1v) is 17.8. The Morgan fingerprint density at radius 1 is 0.522 bits per heavy atom. The Bertz CT molecular complexity index is 1600. The van der Waals surface area contributed by atoms with Crippen LogP contribution in [0.25, 0.3) is 11.1 Å². The SMILES string of the molecule is C[N+]1(c2ccc(NC(=O)c3ccc(-c4ccc(C(=O)Nc5ccc([N+]6(C)CCCCC6)c(Br)c5)cc4)cc3)cc2Br)CCCCC1. The van der Waals surface area contributed by atoms with Crippen LogP contribution >= 0.6 is 31.9 Å². The van der Waals surface area contributed by atoms with Crippen molar-refractivity contribution < 1.29 is 9.59 Å². The molecule has 2 aliphatic heterocycles. The number of nitrogens with one attached hydrogen (secondary N) is 2. The van der Waals surface area contributed by atoms with Gasteiger partial charge in [-0.15, -0.1) is 0 Å². The molecule has 4 aromatic rings. The van der Waals surface area contributed by atoms with E-state index in [1.54, 1.807) is 0 Å². The molecule has 0 aromatic heterocycles. The molecule has 0 unspecified atom stereocenters. The van der Waals surface area contributed by atoms with Crippen LogP contribution in [-0.4, -0.2) is 52.1 Å². The molecular formula is C38H42Br2N4O2+2. The van der Waals surface area contributed by atoms with Crippen molar-refractivity contribution in [3.63, 3.8) is 0 Å². The highest BCUT2D eigenvalue weighted by molar-refractivity contribution is 9.11. The number of halogens is 2. The van der Waals surface area contributed by atoms with E-state index in [9.17, 15) is 9.59 Å². The minimum Gasteiger partial charge on any atom is -0.322 e. The largest absolute Gasteiger partial charge is 0.322 e. The molecule has 2 N–H and O–H groups in total. The number of amides is 2. The van der Waals surface area contributed by atoms with Crippen molar-refractivity contribution in [2.45, 2.75) is 38.5 Å². The van der Waals surface area contributed by atoms with Gasteiger partial charge in [-0.2, -0.15) is 0 Å². The van der Waals surface area contributed by atoms with Crippen LogP contribution in [0.4, 0.5) is 22.7 Å². The zero-order valence-electron chi connectivity index (χ0n) is 26.6. The summed E-state index contributed by atoms with van der Waals surface area (Å²) in [4.78, 5) is 26.1. The average Bonchev–Trinajstić information content (AvgIpc) is 3.05.